The summed E-state index contributed by atoms with van der Waals surface area (Å²) in [4.78, 5) is 6.72. The van der Waals surface area contributed by atoms with Crippen molar-refractivity contribution < 1.29 is 0 Å². The molecule has 1 N–H and O–H groups in total. The van der Waals surface area contributed by atoms with Crippen LogP contribution in [0.5, 0.6) is 0 Å². The molecule has 0 aromatic heterocycles. The van der Waals surface area contributed by atoms with Crippen LogP contribution in [-0.4, -0.2) is 37.0 Å². The van der Waals surface area contributed by atoms with Gasteiger partial charge in [0, 0.05) is 26.2 Å². The second-order valence-corrected chi connectivity index (χ2v) is 2.83. The highest BCUT2D eigenvalue weighted by Gasteiger charge is 2.17. The predicted molar refractivity (Wildman–Crippen MR) is 47.8 cm³/mol. The van der Waals surface area contributed by atoms with Crippen molar-refractivity contribution in [2.75, 3.05) is 26.2 Å². The molecule has 2 aliphatic rings. The zero-order valence-corrected chi connectivity index (χ0v) is 6.14. The summed E-state index contributed by atoms with van der Waals surface area (Å²) in [7, 11) is 0. The maximum absolute atomic E-state index is 4.38. The highest BCUT2D eigenvalue weighted by molar-refractivity contribution is 5.81. The summed E-state index contributed by atoms with van der Waals surface area (Å²) in [6, 6.07) is 0. The van der Waals surface area contributed by atoms with Crippen LogP contribution in [0.15, 0.2) is 4.99 Å². The van der Waals surface area contributed by atoms with Gasteiger partial charge in [-0.15, -0.1) is 0 Å². The van der Waals surface area contributed by atoms with Crippen molar-refractivity contribution >= 4 is 5.96 Å². The Bertz CT molecular complexity index is 153. The second-order valence-electron chi connectivity index (χ2n) is 2.83. The molecule has 0 spiro atoms. The predicted octanol–water partition coefficient (Wildman–Crippen LogP) is 0.677. The standard InChI is InChI=1S/C7H13N3.CH4/c1-3-8-7-9-4-2-6-10(7)5-1;/h1-6H2,(H,8,9);1H4. The van der Waals surface area contributed by atoms with Crippen LogP contribution in [-0.2, 0) is 0 Å². The SMILES string of the molecule is C.C1CN=C2NCCCN2C1. The van der Waals surface area contributed by atoms with Crippen molar-refractivity contribution in [1.29, 1.82) is 0 Å². The maximum atomic E-state index is 4.38. The average Bonchev–Trinajstić information content (AvgIpc) is 2.05. The third-order valence-electron chi connectivity index (χ3n) is 2.04. The first-order valence-electron chi connectivity index (χ1n) is 4.00. The molecule has 3 heteroatoms. The molecular weight excluding hydrogens is 138 g/mol. The first kappa shape index (κ1) is 8.37. The van der Waals surface area contributed by atoms with E-state index in [0.717, 1.165) is 19.0 Å². The minimum atomic E-state index is 0. The molecule has 64 valence electrons. The van der Waals surface area contributed by atoms with Crippen molar-refractivity contribution in [1.82, 2.24) is 10.2 Å². The summed E-state index contributed by atoms with van der Waals surface area (Å²) in [5.74, 6) is 1.14. The average molecular weight is 155 g/mol. The van der Waals surface area contributed by atoms with Crippen molar-refractivity contribution in [2.45, 2.75) is 20.3 Å². The van der Waals surface area contributed by atoms with Crippen molar-refractivity contribution in [3.8, 4) is 0 Å². The van der Waals surface area contributed by atoms with Crippen LogP contribution in [0.25, 0.3) is 0 Å². The molecule has 0 radical (unpaired) electrons. The lowest BCUT2D eigenvalue weighted by molar-refractivity contribution is 0.346. The number of nitrogens with one attached hydrogen (secondary N) is 1. The Balaban J connectivity index is 0.000000605. The van der Waals surface area contributed by atoms with E-state index >= 15 is 0 Å². The zero-order chi connectivity index (χ0) is 6.81. The van der Waals surface area contributed by atoms with E-state index in [1.54, 1.807) is 0 Å². The van der Waals surface area contributed by atoms with Crippen LogP contribution >= 0.6 is 0 Å². The minimum absolute atomic E-state index is 0. The molecule has 2 heterocycles. The fraction of sp³-hybridized carbons (Fsp3) is 0.875. The van der Waals surface area contributed by atoms with Gasteiger partial charge in [-0.25, -0.2) is 0 Å². The molecule has 1 saturated heterocycles. The Hall–Kier alpha value is -0.730. The van der Waals surface area contributed by atoms with Gasteiger partial charge < -0.3 is 10.2 Å². The number of rotatable bonds is 0. The summed E-state index contributed by atoms with van der Waals surface area (Å²) in [5, 5.41) is 3.30. The van der Waals surface area contributed by atoms with Gasteiger partial charge in [-0.05, 0) is 12.8 Å². The van der Waals surface area contributed by atoms with Gasteiger partial charge >= 0.3 is 0 Å². The van der Waals surface area contributed by atoms with Crippen LogP contribution in [0.4, 0.5) is 0 Å². The Morgan fingerprint density at radius 1 is 1.27 bits per heavy atom. The molecule has 0 bridgehead atoms. The lowest BCUT2D eigenvalue weighted by Crippen LogP contribution is -2.49. The normalized spacial score (nSPS) is 22.5. The molecule has 1 fully saturated rings. The van der Waals surface area contributed by atoms with Crippen LogP contribution in [0.3, 0.4) is 0 Å². The van der Waals surface area contributed by atoms with E-state index in [9.17, 15) is 0 Å². The molecule has 0 unspecified atom stereocenters. The lowest BCUT2D eigenvalue weighted by atomic mass is 10.2. The molecule has 11 heavy (non-hydrogen) atoms. The monoisotopic (exact) mass is 155 g/mol. The molecule has 2 aliphatic heterocycles. The molecular formula is C8H17N3. The van der Waals surface area contributed by atoms with Crippen molar-refractivity contribution in [3.05, 3.63) is 0 Å². The molecule has 2 rings (SSSR count). The Morgan fingerprint density at radius 3 is 2.91 bits per heavy atom. The number of aliphatic imine (C=N–C) groups is 1. The minimum Gasteiger partial charge on any atom is -0.356 e. The third-order valence-corrected chi connectivity index (χ3v) is 2.04. The van der Waals surface area contributed by atoms with E-state index in [1.807, 2.05) is 0 Å². The fourth-order valence-corrected chi connectivity index (χ4v) is 1.51. The lowest BCUT2D eigenvalue weighted by Gasteiger charge is -2.33. The quantitative estimate of drug-likeness (QED) is 0.557. The van der Waals surface area contributed by atoms with E-state index in [2.05, 4.69) is 15.2 Å². The van der Waals surface area contributed by atoms with Crippen LogP contribution in [0.1, 0.15) is 20.3 Å². The summed E-state index contributed by atoms with van der Waals surface area (Å²) in [5.41, 5.74) is 0. The van der Waals surface area contributed by atoms with Gasteiger partial charge in [0.1, 0.15) is 0 Å². The van der Waals surface area contributed by atoms with Gasteiger partial charge in [0.2, 0.25) is 0 Å². The molecule has 0 saturated carbocycles. The van der Waals surface area contributed by atoms with Gasteiger partial charge in [-0.1, -0.05) is 7.43 Å². The molecule has 0 aliphatic carbocycles. The van der Waals surface area contributed by atoms with Crippen LogP contribution in [0.2, 0.25) is 0 Å². The topological polar surface area (TPSA) is 27.6 Å². The molecule has 0 aromatic rings. The van der Waals surface area contributed by atoms with Crippen LogP contribution in [0, 0.1) is 0 Å². The third kappa shape index (κ3) is 1.64. The molecule has 0 aromatic carbocycles. The Labute approximate surface area is 68.5 Å². The highest BCUT2D eigenvalue weighted by atomic mass is 15.3. The zero-order valence-electron chi connectivity index (χ0n) is 6.14. The smallest absolute Gasteiger partial charge is 0.193 e. The first-order chi connectivity index (χ1) is 4.97. The summed E-state index contributed by atoms with van der Waals surface area (Å²) in [6.07, 6.45) is 2.49. The Kier molecular flexibility index (Phi) is 2.74. The fourth-order valence-electron chi connectivity index (χ4n) is 1.51. The number of nitrogens with zero attached hydrogens (tertiary/aromatic N) is 2. The van der Waals surface area contributed by atoms with Crippen molar-refractivity contribution in [2.24, 2.45) is 4.99 Å². The van der Waals surface area contributed by atoms with Gasteiger partial charge in [0.15, 0.2) is 5.96 Å². The maximum Gasteiger partial charge on any atom is 0.193 e. The van der Waals surface area contributed by atoms with Gasteiger partial charge in [-0.2, -0.15) is 0 Å². The van der Waals surface area contributed by atoms with Crippen LogP contribution < -0.4 is 5.32 Å². The van der Waals surface area contributed by atoms with E-state index in [0.29, 0.717) is 0 Å². The van der Waals surface area contributed by atoms with E-state index < -0.39 is 0 Å². The highest BCUT2D eigenvalue weighted by Crippen LogP contribution is 2.05. The molecule has 0 atom stereocenters. The largest absolute Gasteiger partial charge is 0.356 e. The summed E-state index contributed by atoms with van der Waals surface area (Å²) in [6.45, 7) is 4.52. The van der Waals surface area contributed by atoms with E-state index in [1.165, 1.54) is 25.9 Å². The summed E-state index contributed by atoms with van der Waals surface area (Å²) >= 11 is 0. The summed E-state index contributed by atoms with van der Waals surface area (Å²) < 4.78 is 0. The van der Waals surface area contributed by atoms with Gasteiger partial charge in [0.05, 0.1) is 0 Å². The Morgan fingerprint density at radius 2 is 2.09 bits per heavy atom. The molecule has 0 amide bonds. The number of hydrogen-bond donors (Lipinski definition) is 1. The van der Waals surface area contributed by atoms with Crippen molar-refractivity contribution in [3.63, 3.8) is 0 Å². The number of hydrogen-bond acceptors (Lipinski definition) is 3. The number of guanidine groups is 1. The van der Waals surface area contributed by atoms with Gasteiger partial charge in [-0.3, -0.25) is 4.99 Å². The number of fused-ring (bicyclic) bond motifs is 1. The van der Waals surface area contributed by atoms with E-state index in [-0.39, 0.29) is 7.43 Å². The van der Waals surface area contributed by atoms with Gasteiger partial charge in [0.25, 0.3) is 0 Å². The van der Waals surface area contributed by atoms with E-state index in [4.69, 9.17) is 0 Å². The molecule has 3 nitrogen and oxygen atoms in total. The first-order valence-corrected chi connectivity index (χ1v) is 4.00. The second kappa shape index (κ2) is 3.60.